The number of nitrogens with one attached hydrogen (secondary N) is 1. The van der Waals surface area contributed by atoms with Gasteiger partial charge in [-0.15, -0.1) is 0 Å². The molecular formula is C14H16IN5. The fraction of sp³-hybridized carbons (Fsp3) is 0.286. The van der Waals surface area contributed by atoms with Gasteiger partial charge in [0, 0.05) is 18.9 Å². The molecule has 3 aromatic heterocycles. The molecule has 104 valence electrons. The molecule has 0 aliphatic rings. The number of hydrogen-bond donors (Lipinski definition) is 1. The molecule has 0 saturated heterocycles. The largest absolute Gasteiger partial charge is 0.311 e. The molecule has 5 nitrogen and oxygen atoms in total. The van der Waals surface area contributed by atoms with Gasteiger partial charge in [-0.05, 0) is 47.7 Å². The Kier molecular flexibility index (Phi) is 4.02. The topological polar surface area (TPSA) is 47.2 Å². The Morgan fingerprint density at radius 2 is 2.25 bits per heavy atom. The Balaban J connectivity index is 2.07. The van der Waals surface area contributed by atoms with Crippen molar-refractivity contribution in [1.82, 2.24) is 24.5 Å². The fourth-order valence-electron chi connectivity index (χ4n) is 2.18. The minimum absolute atomic E-state index is 0.783. The van der Waals surface area contributed by atoms with E-state index in [0.717, 1.165) is 40.2 Å². The van der Waals surface area contributed by atoms with E-state index in [1.54, 1.807) is 0 Å². The molecule has 0 fully saturated rings. The molecule has 6 heteroatoms. The van der Waals surface area contributed by atoms with E-state index in [1.165, 1.54) is 0 Å². The maximum absolute atomic E-state index is 4.70. The van der Waals surface area contributed by atoms with E-state index in [-0.39, 0.29) is 0 Å². The SMILES string of the molecule is CCCNCc1c(-n2cc(I)cn2)nc2ccccn12. The number of hydrogen-bond acceptors (Lipinski definition) is 3. The average molecular weight is 381 g/mol. The minimum atomic E-state index is 0.783. The molecule has 3 aromatic rings. The van der Waals surface area contributed by atoms with Crippen molar-refractivity contribution >= 4 is 28.2 Å². The monoisotopic (exact) mass is 381 g/mol. The van der Waals surface area contributed by atoms with Crippen molar-refractivity contribution in [3.8, 4) is 5.82 Å². The van der Waals surface area contributed by atoms with Crippen LogP contribution in [0.25, 0.3) is 11.5 Å². The molecule has 0 aliphatic carbocycles. The van der Waals surface area contributed by atoms with Crippen LogP contribution in [-0.4, -0.2) is 25.7 Å². The molecule has 0 saturated carbocycles. The molecule has 0 spiro atoms. The van der Waals surface area contributed by atoms with Crippen LogP contribution >= 0.6 is 22.6 Å². The number of imidazole rings is 1. The van der Waals surface area contributed by atoms with Gasteiger partial charge < -0.3 is 9.72 Å². The molecule has 0 bridgehead atoms. The highest BCUT2D eigenvalue weighted by molar-refractivity contribution is 14.1. The number of nitrogens with zero attached hydrogens (tertiary/aromatic N) is 4. The summed E-state index contributed by atoms with van der Waals surface area (Å²) in [6, 6.07) is 6.04. The number of fused-ring (bicyclic) bond motifs is 1. The molecule has 0 amide bonds. The lowest BCUT2D eigenvalue weighted by Gasteiger charge is -2.06. The van der Waals surface area contributed by atoms with Gasteiger partial charge in [-0.3, -0.25) is 0 Å². The van der Waals surface area contributed by atoms with Gasteiger partial charge in [0.05, 0.1) is 15.5 Å². The number of pyridine rings is 1. The number of halogens is 1. The quantitative estimate of drug-likeness (QED) is 0.546. The van der Waals surface area contributed by atoms with Crippen molar-refractivity contribution in [1.29, 1.82) is 0 Å². The van der Waals surface area contributed by atoms with Crippen LogP contribution in [0, 0.1) is 3.57 Å². The van der Waals surface area contributed by atoms with Crippen molar-refractivity contribution in [2.45, 2.75) is 19.9 Å². The molecule has 3 heterocycles. The molecule has 0 atom stereocenters. The fourth-order valence-corrected chi connectivity index (χ4v) is 2.57. The molecule has 0 aromatic carbocycles. The minimum Gasteiger partial charge on any atom is -0.311 e. The van der Waals surface area contributed by atoms with Crippen molar-refractivity contribution in [3.63, 3.8) is 0 Å². The van der Waals surface area contributed by atoms with E-state index in [9.17, 15) is 0 Å². The highest BCUT2D eigenvalue weighted by Gasteiger charge is 2.13. The molecular weight excluding hydrogens is 365 g/mol. The van der Waals surface area contributed by atoms with Crippen LogP contribution in [0.2, 0.25) is 0 Å². The Morgan fingerprint density at radius 3 is 3.00 bits per heavy atom. The maximum Gasteiger partial charge on any atom is 0.176 e. The average Bonchev–Trinajstić information content (AvgIpc) is 3.03. The zero-order valence-electron chi connectivity index (χ0n) is 11.3. The normalized spacial score (nSPS) is 11.3. The highest BCUT2D eigenvalue weighted by Crippen LogP contribution is 2.17. The predicted molar refractivity (Wildman–Crippen MR) is 87.0 cm³/mol. The Bertz CT molecular complexity index is 715. The molecule has 0 radical (unpaired) electrons. The van der Waals surface area contributed by atoms with E-state index in [4.69, 9.17) is 4.98 Å². The third-order valence-electron chi connectivity index (χ3n) is 3.10. The summed E-state index contributed by atoms with van der Waals surface area (Å²) in [4.78, 5) is 4.70. The summed E-state index contributed by atoms with van der Waals surface area (Å²) in [6.07, 6.45) is 6.99. The Labute approximate surface area is 131 Å². The molecule has 20 heavy (non-hydrogen) atoms. The van der Waals surface area contributed by atoms with E-state index >= 15 is 0 Å². The first kappa shape index (κ1) is 13.6. The Hall–Kier alpha value is -1.41. The van der Waals surface area contributed by atoms with Gasteiger partial charge in [0.2, 0.25) is 0 Å². The summed E-state index contributed by atoms with van der Waals surface area (Å²) in [6.45, 7) is 3.94. The van der Waals surface area contributed by atoms with Gasteiger partial charge in [-0.1, -0.05) is 13.0 Å². The second-order valence-corrected chi connectivity index (χ2v) is 5.84. The van der Waals surface area contributed by atoms with Crippen LogP contribution in [0.4, 0.5) is 0 Å². The Morgan fingerprint density at radius 1 is 1.35 bits per heavy atom. The summed E-state index contributed by atoms with van der Waals surface area (Å²) in [5, 5.41) is 7.82. The second kappa shape index (κ2) is 5.92. The number of aromatic nitrogens is 4. The summed E-state index contributed by atoms with van der Waals surface area (Å²) >= 11 is 2.26. The first-order valence-corrected chi connectivity index (χ1v) is 7.74. The molecule has 0 aliphatic heterocycles. The summed E-state index contributed by atoms with van der Waals surface area (Å²) in [5.74, 6) is 0.891. The molecule has 3 rings (SSSR count). The standard InChI is InChI=1S/C14H16IN5/c1-2-6-16-9-12-14(20-10-11(15)8-17-20)18-13-5-3-4-7-19(12)13/h3-5,7-8,10,16H,2,6,9H2,1H3. The predicted octanol–water partition coefficient (Wildman–Crippen LogP) is 2.62. The molecule has 1 N–H and O–H groups in total. The van der Waals surface area contributed by atoms with Gasteiger partial charge >= 0.3 is 0 Å². The summed E-state index contributed by atoms with van der Waals surface area (Å²) < 4.78 is 5.07. The van der Waals surface area contributed by atoms with Gasteiger partial charge in [0.25, 0.3) is 0 Å². The van der Waals surface area contributed by atoms with Crippen LogP contribution < -0.4 is 5.32 Å². The maximum atomic E-state index is 4.70. The van der Waals surface area contributed by atoms with Gasteiger partial charge in [-0.2, -0.15) is 5.10 Å². The third-order valence-corrected chi connectivity index (χ3v) is 3.65. The lowest BCUT2D eigenvalue weighted by Crippen LogP contribution is -2.17. The summed E-state index contributed by atoms with van der Waals surface area (Å²) in [7, 11) is 0. The van der Waals surface area contributed by atoms with Crippen LogP contribution in [0.1, 0.15) is 19.0 Å². The van der Waals surface area contributed by atoms with Crippen molar-refractivity contribution in [2.75, 3.05) is 6.54 Å². The summed E-state index contributed by atoms with van der Waals surface area (Å²) in [5.41, 5.74) is 2.08. The van der Waals surface area contributed by atoms with E-state index in [1.807, 2.05) is 41.5 Å². The third kappa shape index (κ3) is 2.57. The zero-order chi connectivity index (χ0) is 13.9. The van der Waals surface area contributed by atoms with Crippen LogP contribution in [-0.2, 0) is 6.54 Å². The van der Waals surface area contributed by atoms with Crippen LogP contribution in [0.3, 0.4) is 0 Å². The smallest absolute Gasteiger partial charge is 0.176 e. The lowest BCUT2D eigenvalue weighted by molar-refractivity contribution is 0.654. The van der Waals surface area contributed by atoms with E-state index in [2.05, 4.69) is 44.3 Å². The van der Waals surface area contributed by atoms with Gasteiger partial charge in [-0.25, -0.2) is 9.67 Å². The van der Waals surface area contributed by atoms with Crippen molar-refractivity contribution < 1.29 is 0 Å². The van der Waals surface area contributed by atoms with Gasteiger partial charge in [0.1, 0.15) is 5.65 Å². The van der Waals surface area contributed by atoms with Crippen molar-refractivity contribution in [2.24, 2.45) is 0 Å². The highest BCUT2D eigenvalue weighted by atomic mass is 127. The van der Waals surface area contributed by atoms with E-state index in [0.29, 0.717) is 0 Å². The lowest BCUT2D eigenvalue weighted by atomic mass is 10.4. The first-order valence-electron chi connectivity index (χ1n) is 6.67. The zero-order valence-corrected chi connectivity index (χ0v) is 13.4. The first-order chi connectivity index (χ1) is 9.79. The van der Waals surface area contributed by atoms with Crippen LogP contribution in [0.15, 0.2) is 36.8 Å². The molecule has 0 unspecified atom stereocenters. The van der Waals surface area contributed by atoms with E-state index < -0.39 is 0 Å². The number of rotatable bonds is 5. The van der Waals surface area contributed by atoms with Crippen molar-refractivity contribution in [3.05, 3.63) is 46.1 Å². The second-order valence-electron chi connectivity index (χ2n) is 4.59. The van der Waals surface area contributed by atoms with Gasteiger partial charge in [0.15, 0.2) is 5.82 Å². The van der Waals surface area contributed by atoms with Crippen LogP contribution in [0.5, 0.6) is 0 Å².